The number of aromatic amines is 1. The zero-order valence-corrected chi connectivity index (χ0v) is 10.9. The van der Waals surface area contributed by atoms with E-state index in [0.29, 0.717) is 5.82 Å². The molecule has 0 saturated carbocycles. The van der Waals surface area contributed by atoms with Crippen LogP contribution in [0.15, 0.2) is 6.07 Å². The Bertz CT molecular complexity index is 338. The number of H-pyrrole nitrogens is 1. The summed E-state index contributed by atoms with van der Waals surface area (Å²) in [7, 11) is 0. The average Bonchev–Trinajstić information content (AvgIpc) is 2.64. The van der Waals surface area contributed by atoms with E-state index in [1.54, 1.807) is 11.8 Å². The molecule has 1 unspecified atom stereocenters. The van der Waals surface area contributed by atoms with E-state index < -0.39 is 0 Å². The molecule has 4 nitrogen and oxygen atoms in total. The van der Waals surface area contributed by atoms with Crippen molar-refractivity contribution in [3.8, 4) is 0 Å². The number of hydrogen-bond donors (Lipinski definition) is 2. The van der Waals surface area contributed by atoms with Crippen LogP contribution in [0.4, 0.5) is 5.82 Å². The first-order valence-electron chi connectivity index (χ1n) is 5.58. The van der Waals surface area contributed by atoms with E-state index in [9.17, 15) is 4.79 Å². The number of anilines is 1. The lowest BCUT2D eigenvalue weighted by Gasteiger charge is -2.09. The molecule has 1 rings (SSSR count). The third kappa shape index (κ3) is 4.26. The zero-order chi connectivity index (χ0) is 12.0. The second-order valence-electron chi connectivity index (χ2n) is 3.79. The number of nitrogens with one attached hydrogen (secondary N) is 2. The Kier molecular flexibility index (Phi) is 5.38. The van der Waals surface area contributed by atoms with Crippen LogP contribution in [-0.4, -0.2) is 27.1 Å². The van der Waals surface area contributed by atoms with Crippen molar-refractivity contribution in [2.75, 3.05) is 11.1 Å². The molecule has 0 fully saturated rings. The van der Waals surface area contributed by atoms with Crippen molar-refractivity contribution in [2.45, 2.75) is 38.9 Å². The van der Waals surface area contributed by atoms with Crippen LogP contribution in [0.3, 0.4) is 0 Å². The Morgan fingerprint density at radius 2 is 2.44 bits per heavy atom. The fourth-order valence-electron chi connectivity index (χ4n) is 1.19. The number of carbonyl (C=O) groups excluding carboxylic acids is 1. The molecule has 0 bridgehead atoms. The van der Waals surface area contributed by atoms with Gasteiger partial charge in [0.05, 0.1) is 5.25 Å². The van der Waals surface area contributed by atoms with E-state index in [1.807, 2.05) is 19.9 Å². The van der Waals surface area contributed by atoms with Crippen LogP contribution in [0.1, 0.15) is 32.4 Å². The van der Waals surface area contributed by atoms with Crippen molar-refractivity contribution in [3.05, 3.63) is 11.8 Å². The molecule has 1 aromatic heterocycles. The van der Waals surface area contributed by atoms with Gasteiger partial charge in [0.25, 0.3) is 0 Å². The summed E-state index contributed by atoms with van der Waals surface area (Å²) in [4.78, 5) is 11.7. The van der Waals surface area contributed by atoms with E-state index in [2.05, 4.69) is 22.4 Å². The first-order valence-corrected chi connectivity index (χ1v) is 6.62. The van der Waals surface area contributed by atoms with Crippen LogP contribution in [0.5, 0.6) is 0 Å². The van der Waals surface area contributed by atoms with Crippen molar-refractivity contribution < 1.29 is 4.79 Å². The molecule has 0 spiro atoms. The number of aromatic nitrogens is 2. The van der Waals surface area contributed by atoms with E-state index in [1.165, 1.54) is 6.42 Å². The molecule has 16 heavy (non-hydrogen) atoms. The van der Waals surface area contributed by atoms with Crippen molar-refractivity contribution in [1.82, 2.24) is 10.2 Å². The number of unbranched alkanes of at least 4 members (excludes halogenated alkanes) is 1. The van der Waals surface area contributed by atoms with E-state index in [-0.39, 0.29) is 11.2 Å². The smallest absolute Gasteiger partial charge is 0.238 e. The maximum atomic E-state index is 11.7. The van der Waals surface area contributed by atoms with Gasteiger partial charge in [-0.25, -0.2) is 0 Å². The minimum atomic E-state index is -0.0245. The van der Waals surface area contributed by atoms with Gasteiger partial charge in [-0.05, 0) is 26.0 Å². The molecule has 5 heteroatoms. The number of carbonyl (C=O) groups is 1. The van der Waals surface area contributed by atoms with Crippen LogP contribution >= 0.6 is 11.8 Å². The lowest BCUT2D eigenvalue weighted by Crippen LogP contribution is -2.23. The van der Waals surface area contributed by atoms with Crippen molar-refractivity contribution in [3.63, 3.8) is 0 Å². The van der Waals surface area contributed by atoms with Crippen LogP contribution in [-0.2, 0) is 4.79 Å². The highest BCUT2D eigenvalue weighted by atomic mass is 32.2. The van der Waals surface area contributed by atoms with Crippen molar-refractivity contribution in [2.24, 2.45) is 0 Å². The van der Waals surface area contributed by atoms with Gasteiger partial charge in [-0.1, -0.05) is 13.3 Å². The highest BCUT2D eigenvalue weighted by Gasteiger charge is 2.13. The molecule has 0 aliphatic rings. The van der Waals surface area contributed by atoms with E-state index in [0.717, 1.165) is 17.9 Å². The molecule has 0 radical (unpaired) electrons. The van der Waals surface area contributed by atoms with Crippen LogP contribution < -0.4 is 5.32 Å². The molecule has 0 saturated heterocycles. The third-order valence-electron chi connectivity index (χ3n) is 2.19. The number of hydrogen-bond acceptors (Lipinski definition) is 3. The van der Waals surface area contributed by atoms with Crippen LogP contribution in [0.25, 0.3) is 0 Å². The molecule has 1 amide bonds. The monoisotopic (exact) mass is 241 g/mol. The van der Waals surface area contributed by atoms with Gasteiger partial charge in [-0.2, -0.15) is 5.10 Å². The minimum Gasteiger partial charge on any atom is -0.308 e. The molecule has 0 aromatic carbocycles. The molecule has 1 aromatic rings. The van der Waals surface area contributed by atoms with Crippen molar-refractivity contribution >= 4 is 23.5 Å². The fraction of sp³-hybridized carbons (Fsp3) is 0.636. The standard InChI is InChI=1S/C11H19N3OS/c1-4-5-6-16-9(3)11(15)12-10-7-8(2)13-14-10/h7,9H,4-6H2,1-3H3,(H2,12,13,14,15). The SMILES string of the molecule is CCCCSC(C)C(=O)Nc1cc(C)[nH]n1. The molecule has 90 valence electrons. The van der Waals surface area contributed by atoms with Crippen LogP contribution in [0.2, 0.25) is 0 Å². The Morgan fingerprint density at radius 3 is 3.00 bits per heavy atom. The normalized spacial score (nSPS) is 12.4. The second-order valence-corrected chi connectivity index (χ2v) is 5.24. The van der Waals surface area contributed by atoms with Gasteiger partial charge in [0, 0.05) is 11.8 Å². The maximum absolute atomic E-state index is 11.7. The quantitative estimate of drug-likeness (QED) is 0.753. The Labute approximate surface area is 101 Å². The van der Waals surface area contributed by atoms with Gasteiger partial charge in [0.2, 0.25) is 5.91 Å². The molecule has 0 aliphatic carbocycles. The lowest BCUT2D eigenvalue weighted by molar-refractivity contribution is -0.115. The first-order chi connectivity index (χ1) is 7.63. The lowest BCUT2D eigenvalue weighted by atomic mass is 10.4. The van der Waals surface area contributed by atoms with Gasteiger partial charge in [-0.15, -0.1) is 11.8 Å². The molecular weight excluding hydrogens is 222 g/mol. The predicted molar refractivity (Wildman–Crippen MR) is 68.8 cm³/mol. The van der Waals surface area contributed by atoms with E-state index >= 15 is 0 Å². The number of rotatable bonds is 6. The predicted octanol–water partition coefficient (Wildman–Crippen LogP) is 2.58. The summed E-state index contributed by atoms with van der Waals surface area (Å²) in [5.74, 6) is 1.66. The third-order valence-corrected chi connectivity index (χ3v) is 3.43. The Balaban J connectivity index is 2.34. The van der Waals surface area contributed by atoms with E-state index in [4.69, 9.17) is 0 Å². The van der Waals surface area contributed by atoms with Crippen LogP contribution in [0, 0.1) is 6.92 Å². The summed E-state index contributed by atoms with van der Waals surface area (Å²) >= 11 is 1.69. The van der Waals surface area contributed by atoms with Crippen molar-refractivity contribution in [1.29, 1.82) is 0 Å². The average molecular weight is 241 g/mol. The fourth-order valence-corrected chi connectivity index (χ4v) is 2.21. The van der Waals surface area contributed by atoms with Gasteiger partial charge in [0.1, 0.15) is 0 Å². The Morgan fingerprint density at radius 1 is 1.69 bits per heavy atom. The number of amides is 1. The summed E-state index contributed by atoms with van der Waals surface area (Å²) in [6.07, 6.45) is 2.32. The van der Waals surface area contributed by atoms with Gasteiger partial charge < -0.3 is 5.32 Å². The largest absolute Gasteiger partial charge is 0.308 e. The summed E-state index contributed by atoms with van der Waals surface area (Å²) in [5, 5.41) is 9.52. The number of aryl methyl sites for hydroxylation is 1. The molecule has 2 N–H and O–H groups in total. The van der Waals surface area contributed by atoms with Gasteiger partial charge >= 0.3 is 0 Å². The summed E-state index contributed by atoms with van der Waals surface area (Å²) < 4.78 is 0. The van der Waals surface area contributed by atoms with Gasteiger partial charge in [-0.3, -0.25) is 9.89 Å². The maximum Gasteiger partial charge on any atom is 0.238 e. The Hall–Kier alpha value is -0.970. The topological polar surface area (TPSA) is 57.8 Å². The highest BCUT2D eigenvalue weighted by molar-refractivity contribution is 8.00. The molecular formula is C11H19N3OS. The highest BCUT2D eigenvalue weighted by Crippen LogP contribution is 2.14. The molecule has 1 atom stereocenters. The minimum absolute atomic E-state index is 0.0209. The molecule has 0 aliphatic heterocycles. The summed E-state index contributed by atoms with van der Waals surface area (Å²) in [5.41, 5.74) is 0.946. The molecule has 1 heterocycles. The second kappa shape index (κ2) is 6.58. The van der Waals surface area contributed by atoms with Gasteiger partial charge in [0.15, 0.2) is 5.82 Å². The summed E-state index contributed by atoms with van der Waals surface area (Å²) in [6.45, 7) is 5.98. The summed E-state index contributed by atoms with van der Waals surface area (Å²) in [6, 6.07) is 1.82. The zero-order valence-electron chi connectivity index (χ0n) is 10.0. The first kappa shape index (κ1) is 13.1. The number of thioether (sulfide) groups is 1. The number of nitrogens with zero attached hydrogens (tertiary/aromatic N) is 1.